The van der Waals surface area contributed by atoms with Crippen molar-refractivity contribution < 1.29 is 18.3 Å². The summed E-state index contributed by atoms with van der Waals surface area (Å²) in [5.74, 6) is -0.869. The Balaban J connectivity index is 2.10. The molecule has 0 radical (unpaired) electrons. The third-order valence-electron chi connectivity index (χ3n) is 3.70. The van der Waals surface area contributed by atoms with Gasteiger partial charge in [0.2, 0.25) is 10.0 Å². The molecule has 9 heteroatoms. The van der Waals surface area contributed by atoms with Gasteiger partial charge in [-0.2, -0.15) is 4.31 Å². The van der Waals surface area contributed by atoms with Gasteiger partial charge in [-0.05, 0) is 43.5 Å². The van der Waals surface area contributed by atoms with Crippen LogP contribution in [0, 0.1) is 5.92 Å². The van der Waals surface area contributed by atoms with Crippen LogP contribution in [0.4, 0.5) is 0 Å². The SMILES string of the molecule is O=C(O)CNCC1CCCN(S(=O)(=O)c2cc(Cl)ccc2Cl)C1. The fraction of sp³-hybridized carbons (Fsp3) is 0.500. The van der Waals surface area contributed by atoms with E-state index in [2.05, 4.69) is 5.32 Å². The first-order chi connectivity index (χ1) is 10.8. The standard InChI is InChI=1S/C14H18Cl2N2O4S/c15-11-3-4-12(16)13(6-11)23(21,22)18-5-1-2-10(9-18)7-17-8-14(19)20/h3-4,6,10,17H,1-2,5,7-9H2,(H,19,20). The molecular weight excluding hydrogens is 363 g/mol. The van der Waals surface area contributed by atoms with Gasteiger partial charge in [0.05, 0.1) is 11.6 Å². The van der Waals surface area contributed by atoms with Gasteiger partial charge >= 0.3 is 5.97 Å². The van der Waals surface area contributed by atoms with Crippen molar-refractivity contribution in [2.24, 2.45) is 5.92 Å². The number of carboxylic acid groups (broad SMARTS) is 1. The highest BCUT2D eigenvalue weighted by Gasteiger charge is 2.31. The van der Waals surface area contributed by atoms with Crippen LogP contribution in [0.3, 0.4) is 0 Å². The molecule has 1 atom stereocenters. The molecule has 2 N–H and O–H groups in total. The number of aliphatic carboxylic acids is 1. The van der Waals surface area contributed by atoms with E-state index in [-0.39, 0.29) is 22.4 Å². The van der Waals surface area contributed by atoms with Crippen LogP contribution in [0.25, 0.3) is 0 Å². The van der Waals surface area contributed by atoms with E-state index in [4.69, 9.17) is 28.3 Å². The summed E-state index contributed by atoms with van der Waals surface area (Å²) < 4.78 is 26.9. The lowest BCUT2D eigenvalue weighted by molar-refractivity contribution is -0.136. The Kier molecular flexibility index (Phi) is 6.27. The fourth-order valence-electron chi connectivity index (χ4n) is 2.61. The van der Waals surface area contributed by atoms with Crippen LogP contribution in [-0.4, -0.2) is 50.0 Å². The second kappa shape index (κ2) is 7.81. The predicted molar refractivity (Wildman–Crippen MR) is 88.5 cm³/mol. The minimum atomic E-state index is -3.72. The lowest BCUT2D eigenvalue weighted by Crippen LogP contribution is -2.43. The molecule has 0 aliphatic carbocycles. The molecule has 0 saturated carbocycles. The van der Waals surface area contributed by atoms with Gasteiger partial charge in [0.25, 0.3) is 0 Å². The van der Waals surface area contributed by atoms with Crippen molar-refractivity contribution >= 4 is 39.2 Å². The Labute approximate surface area is 145 Å². The highest BCUT2D eigenvalue weighted by atomic mass is 35.5. The number of rotatable bonds is 6. The molecule has 1 aromatic rings. The van der Waals surface area contributed by atoms with Crippen LogP contribution in [0.1, 0.15) is 12.8 Å². The molecule has 1 aliphatic rings. The smallest absolute Gasteiger partial charge is 0.317 e. The van der Waals surface area contributed by atoms with Crippen LogP contribution in [-0.2, 0) is 14.8 Å². The second-order valence-electron chi connectivity index (χ2n) is 5.47. The first kappa shape index (κ1) is 18.5. The van der Waals surface area contributed by atoms with Crippen LogP contribution in [0.5, 0.6) is 0 Å². The molecule has 1 unspecified atom stereocenters. The number of sulfonamides is 1. The van der Waals surface area contributed by atoms with Crippen molar-refractivity contribution in [3.63, 3.8) is 0 Å². The van der Waals surface area contributed by atoms with Gasteiger partial charge in [-0.15, -0.1) is 0 Å². The normalized spacial score (nSPS) is 19.7. The maximum Gasteiger partial charge on any atom is 0.317 e. The summed E-state index contributed by atoms with van der Waals surface area (Å²) in [6.45, 7) is 1.07. The second-order valence-corrected chi connectivity index (χ2v) is 8.22. The van der Waals surface area contributed by atoms with E-state index in [1.807, 2.05) is 0 Å². The van der Waals surface area contributed by atoms with Gasteiger partial charge in [0.1, 0.15) is 4.90 Å². The molecule has 23 heavy (non-hydrogen) atoms. The molecule has 0 spiro atoms. The molecule has 2 rings (SSSR count). The number of benzene rings is 1. The lowest BCUT2D eigenvalue weighted by Gasteiger charge is -2.32. The average molecular weight is 381 g/mol. The molecule has 6 nitrogen and oxygen atoms in total. The zero-order valence-electron chi connectivity index (χ0n) is 12.3. The number of hydrogen-bond acceptors (Lipinski definition) is 4. The third kappa shape index (κ3) is 4.81. The van der Waals surface area contributed by atoms with Gasteiger partial charge in [0.15, 0.2) is 0 Å². The van der Waals surface area contributed by atoms with Crippen molar-refractivity contribution in [1.29, 1.82) is 0 Å². The maximum absolute atomic E-state index is 12.8. The van der Waals surface area contributed by atoms with Crippen LogP contribution in [0.2, 0.25) is 10.0 Å². The number of halogens is 2. The third-order valence-corrected chi connectivity index (χ3v) is 6.28. The number of piperidine rings is 1. The Morgan fingerprint density at radius 1 is 1.39 bits per heavy atom. The van der Waals surface area contributed by atoms with E-state index in [1.54, 1.807) is 0 Å². The van der Waals surface area contributed by atoms with Gasteiger partial charge in [-0.3, -0.25) is 4.79 Å². The van der Waals surface area contributed by atoms with Gasteiger partial charge in [0, 0.05) is 18.1 Å². The summed E-state index contributed by atoms with van der Waals surface area (Å²) in [6.07, 6.45) is 1.57. The summed E-state index contributed by atoms with van der Waals surface area (Å²) in [5, 5.41) is 11.9. The van der Waals surface area contributed by atoms with E-state index >= 15 is 0 Å². The Morgan fingerprint density at radius 3 is 2.83 bits per heavy atom. The monoisotopic (exact) mass is 380 g/mol. The molecule has 1 aliphatic heterocycles. The summed E-state index contributed by atoms with van der Waals surface area (Å²) in [5.41, 5.74) is 0. The highest BCUT2D eigenvalue weighted by Crippen LogP contribution is 2.30. The fourth-order valence-corrected chi connectivity index (χ4v) is 4.90. The highest BCUT2D eigenvalue weighted by molar-refractivity contribution is 7.89. The zero-order valence-corrected chi connectivity index (χ0v) is 14.7. The molecule has 1 heterocycles. The van der Waals surface area contributed by atoms with Crippen LogP contribution >= 0.6 is 23.2 Å². The van der Waals surface area contributed by atoms with Gasteiger partial charge in [-0.25, -0.2) is 8.42 Å². The number of hydrogen-bond donors (Lipinski definition) is 2. The molecule has 1 fully saturated rings. The molecule has 0 bridgehead atoms. The largest absolute Gasteiger partial charge is 0.480 e. The Hall–Kier alpha value is -0.860. The van der Waals surface area contributed by atoms with Gasteiger partial charge in [-0.1, -0.05) is 23.2 Å². The summed E-state index contributed by atoms with van der Waals surface area (Å²) in [7, 11) is -3.72. The van der Waals surface area contributed by atoms with Crippen LogP contribution < -0.4 is 5.32 Å². The molecule has 1 saturated heterocycles. The minimum absolute atomic E-state index is 0.00538. The Bertz CT molecular complexity index is 681. The molecule has 1 aromatic carbocycles. The first-order valence-electron chi connectivity index (χ1n) is 7.18. The van der Waals surface area contributed by atoms with Crippen molar-refractivity contribution in [2.75, 3.05) is 26.2 Å². The van der Waals surface area contributed by atoms with E-state index in [0.29, 0.717) is 24.7 Å². The zero-order chi connectivity index (χ0) is 17.0. The van der Waals surface area contributed by atoms with Crippen molar-refractivity contribution in [1.82, 2.24) is 9.62 Å². The van der Waals surface area contributed by atoms with Crippen LogP contribution in [0.15, 0.2) is 23.1 Å². The number of nitrogens with one attached hydrogen (secondary N) is 1. The van der Waals surface area contributed by atoms with Gasteiger partial charge < -0.3 is 10.4 Å². The molecular formula is C14H18Cl2N2O4S. The van der Waals surface area contributed by atoms with Crippen molar-refractivity contribution in [3.05, 3.63) is 28.2 Å². The topological polar surface area (TPSA) is 86.7 Å². The summed E-state index contributed by atoms with van der Waals surface area (Å²) >= 11 is 11.9. The van der Waals surface area contributed by atoms with E-state index in [0.717, 1.165) is 12.8 Å². The van der Waals surface area contributed by atoms with Crippen molar-refractivity contribution in [3.8, 4) is 0 Å². The molecule has 0 aromatic heterocycles. The maximum atomic E-state index is 12.8. The summed E-state index contributed by atoms with van der Waals surface area (Å²) in [6, 6.07) is 4.36. The quantitative estimate of drug-likeness (QED) is 0.788. The summed E-state index contributed by atoms with van der Waals surface area (Å²) in [4.78, 5) is 10.5. The lowest BCUT2D eigenvalue weighted by atomic mass is 10.00. The minimum Gasteiger partial charge on any atom is -0.480 e. The van der Waals surface area contributed by atoms with E-state index in [1.165, 1.54) is 22.5 Å². The number of nitrogens with zero attached hydrogens (tertiary/aromatic N) is 1. The first-order valence-corrected chi connectivity index (χ1v) is 9.38. The molecule has 0 amide bonds. The molecule has 128 valence electrons. The van der Waals surface area contributed by atoms with Crippen molar-refractivity contribution in [2.45, 2.75) is 17.7 Å². The Morgan fingerprint density at radius 2 is 2.13 bits per heavy atom. The number of carboxylic acids is 1. The average Bonchev–Trinajstić information content (AvgIpc) is 2.49. The van der Waals surface area contributed by atoms with E-state index in [9.17, 15) is 13.2 Å². The predicted octanol–water partition coefficient (Wildman–Crippen LogP) is 2.07. The number of carbonyl (C=O) groups is 1. The van der Waals surface area contributed by atoms with E-state index < -0.39 is 16.0 Å².